The monoisotopic (exact) mass is 272 g/mol. The van der Waals surface area contributed by atoms with Crippen molar-refractivity contribution in [3.8, 4) is 17.7 Å². The molecule has 0 saturated heterocycles. The number of carboxylic acids is 1. The molecule has 0 spiro atoms. The molecule has 100 valence electrons. The standard InChI is InChI=1S/C14H9FN2O3/c1-8-4-5-17-13(11(8)7-16)20-9-2-3-10(14(18)19)12(15)6-9/h2-6H,1H3,(H,18,19). The number of aryl methyl sites for hydroxylation is 1. The number of hydrogen-bond donors (Lipinski definition) is 1. The Balaban J connectivity index is 2.37. The Bertz CT molecular complexity index is 723. The first kappa shape index (κ1) is 13.5. The summed E-state index contributed by atoms with van der Waals surface area (Å²) in [6.07, 6.45) is 1.47. The van der Waals surface area contributed by atoms with Crippen molar-refractivity contribution >= 4 is 5.97 Å². The summed E-state index contributed by atoms with van der Waals surface area (Å²) in [5.41, 5.74) is 0.477. The number of nitrogens with zero attached hydrogens (tertiary/aromatic N) is 2. The molecule has 2 rings (SSSR count). The highest BCUT2D eigenvalue weighted by molar-refractivity contribution is 5.88. The molecule has 0 aliphatic rings. The third-order valence-electron chi connectivity index (χ3n) is 2.62. The van der Waals surface area contributed by atoms with E-state index in [0.717, 1.165) is 12.1 Å². The van der Waals surface area contributed by atoms with E-state index >= 15 is 0 Å². The number of carbonyl (C=O) groups is 1. The van der Waals surface area contributed by atoms with E-state index in [2.05, 4.69) is 4.98 Å². The van der Waals surface area contributed by atoms with Gasteiger partial charge in [0.25, 0.3) is 0 Å². The maximum atomic E-state index is 13.5. The summed E-state index contributed by atoms with van der Waals surface area (Å²) in [5.74, 6) is -2.15. The van der Waals surface area contributed by atoms with E-state index < -0.39 is 17.3 Å². The number of carboxylic acid groups (broad SMARTS) is 1. The molecular formula is C14H9FN2O3. The summed E-state index contributed by atoms with van der Waals surface area (Å²) >= 11 is 0. The molecule has 0 amide bonds. The van der Waals surface area contributed by atoms with Gasteiger partial charge in [-0.2, -0.15) is 5.26 Å². The summed E-state index contributed by atoms with van der Waals surface area (Å²) in [6.45, 7) is 1.72. The second-order valence-corrected chi connectivity index (χ2v) is 3.97. The number of nitriles is 1. The van der Waals surface area contributed by atoms with Gasteiger partial charge in [0, 0.05) is 12.3 Å². The molecule has 1 heterocycles. The molecule has 6 heteroatoms. The van der Waals surface area contributed by atoms with Gasteiger partial charge in [0.1, 0.15) is 23.2 Å². The van der Waals surface area contributed by atoms with Gasteiger partial charge in [-0.05, 0) is 30.7 Å². The van der Waals surface area contributed by atoms with Crippen LogP contribution < -0.4 is 4.74 Å². The molecule has 5 nitrogen and oxygen atoms in total. The first-order valence-electron chi connectivity index (χ1n) is 5.59. The van der Waals surface area contributed by atoms with E-state index in [9.17, 15) is 9.18 Å². The van der Waals surface area contributed by atoms with Gasteiger partial charge >= 0.3 is 5.97 Å². The highest BCUT2D eigenvalue weighted by Gasteiger charge is 2.13. The molecule has 0 unspecified atom stereocenters. The Kier molecular flexibility index (Phi) is 3.62. The highest BCUT2D eigenvalue weighted by Crippen LogP contribution is 2.26. The number of benzene rings is 1. The van der Waals surface area contributed by atoms with E-state index in [1.54, 1.807) is 13.0 Å². The smallest absolute Gasteiger partial charge is 0.338 e. The van der Waals surface area contributed by atoms with Crippen molar-refractivity contribution in [3.05, 3.63) is 53.0 Å². The summed E-state index contributed by atoms with van der Waals surface area (Å²) in [7, 11) is 0. The maximum Gasteiger partial charge on any atom is 0.338 e. The molecule has 1 aromatic carbocycles. The predicted octanol–water partition coefficient (Wildman–Crippen LogP) is 2.89. The summed E-state index contributed by atoms with van der Waals surface area (Å²) in [6, 6.07) is 6.94. The van der Waals surface area contributed by atoms with Crippen LogP contribution in [-0.4, -0.2) is 16.1 Å². The van der Waals surface area contributed by atoms with Crippen LogP contribution in [0.25, 0.3) is 0 Å². The quantitative estimate of drug-likeness (QED) is 0.928. The van der Waals surface area contributed by atoms with Crippen LogP contribution >= 0.6 is 0 Å². The van der Waals surface area contributed by atoms with Gasteiger partial charge in [-0.1, -0.05) is 0 Å². The Labute approximate surface area is 113 Å². The van der Waals surface area contributed by atoms with E-state index in [4.69, 9.17) is 15.1 Å². The minimum atomic E-state index is -1.36. The van der Waals surface area contributed by atoms with Crippen molar-refractivity contribution in [1.29, 1.82) is 5.26 Å². The fraction of sp³-hybridized carbons (Fsp3) is 0.0714. The number of halogens is 1. The summed E-state index contributed by atoms with van der Waals surface area (Å²) in [4.78, 5) is 14.6. The van der Waals surface area contributed by atoms with Crippen molar-refractivity contribution in [3.63, 3.8) is 0 Å². The molecule has 20 heavy (non-hydrogen) atoms. The van der Waals surface area contributed by atoms with Crippen molar-refractivity contribution < 1.29 is 19.0 Å². The number of aromatic carboxylic acids is 1. The number of ether oxygens (including phenoxy) is 1. The Morgan fingerprint density at radius 2 is 2.20 bits per heavy atom. The van der Waals surface area contributed by atoms with E-state index in [1.165, 1.54) is 12.3 Å². The molecular weight excluding hydrogens is 263 g/mol. The topological polar surface area (TPSA) is 83.2 Å². The van der Waals surface area contributed by atoms with Gasteiger partial charge in [0.05, 0.1) is 5.56 Å². The largest absolute Gasteiger partial charge is 0.478 e. The van der Waals surface area contributed by atoms with Gasteiger partial charge in [0.2, 0.25) is 5.88 Å². The first-order valence-corrected chi connectivity index (χ1v) is 5.59. The van der Waals surface area contributed by atoms with Crippen LogP contribution in [0.1, 0.15) is 21.5 Å². The van der Waals surface area contributed by atoms with Gasteiger partial charge in [-0.15, -0.1) is 0 Å². The molecule has 1 aromatic heterocycles. The number of pyridine rings is 1. The highest BCUT2D eigenvalue weighted by atomic mass is 19.1. The zero-order valence-electron chi connectivity index (χ0n) is 10.4. The average molecular weight is 272 g/mol. The van der Waals surface area contributed by atoms with Crippen molar-refractivity contribution in [2.75, 3.05) is 0 Å². The Morgan fingerprint density at radius 1 is 1.45 bits per heavy atom. The minimum Gasteiger partial charge on any atom is -0.478 e. The zero-order chi connectivity index (χ0) is 14.7. The van der Waals surface area contributed by atoms with Gasteiger partial charge in [0.15, 0.2) is 0 Å². The molecule has 0 bridgehead atoms. The van der Waals surface area contributed by atoms with Gasteiger partial charge < -0.3 is 9.84 Å². The van der Waals surface area contributed by atoms with Crippen LogP contribution in [0.2, 0.25) is 0 Å². The fourth-order valence-corrected chi connectivity index (χ4v) is 1.59. The average Bonchev–Trinajstić information content (AvgIpc) is 2.38. The second kappa shape index (κ2) is 5.36. The SMILES string of the molecule is Cc1ccnc(Oc2ccc(C(=O)O)c(F)c2)c1C#N. The summed E-state index contributed by atoms with van der Waals surface area (Å²) in [5, 5.41) is 17.8. The van der Waals surface area contributed by atoms with Crippen LogP contribution in [0.15, 0.2) is 30.5 Å². The molecule has 0 saturated carbocycles. The van der Waals surface area contributed by atoms with E-state index in [-0.39, 0.29) is 17.2 Å². The lowest BCUT2D eigenvalue weighted by atomic mass is 10.2. The molecule has 0 fully saturated rings. The lowest BCUT2D eigenvalue weighted by Crippen LogP contribution is -2.01. The maximum absolute atomic E-state index is 13.5. The predicted molar refractivity (Wildman–Crippen MR) is 67.1 cm³/mol. The lowest BCUT2D eigenvalue weighted by molar-refractivity contribution is 0.0692. The Morgan fingerprint density at radius 3 is 2.80 bits per heavy atom. The second-order valence-electron chi connectivity index (χ2n) is 3.97. The van der Waals surface area contributed by atoms with Crippen molar-refractivity contribution in [2.45, 2.75) is 6.92 Å². The van der Waals surface area contributed by atoms with Gasteiger partial charge in [-0.25, -0.2) is 14.2 Å². The van der Waals surface area contributed by atoms with Crippen LogP contribution in [0.4, 0.5) is 4.39 Å². The van der Waals surface area contributed by atoms with Crippen LogP contribution in [-0.2, 0) is 0 Å². The molecule has 1 N–H and O–H groups in total. The third-order valence-corrected chi connectivity index (χ3v) is 2.62. The number of rotatable bonds is 3. The lowest BCUT2D eigenvalue weighted by Gasteiger charge is -2.08. The van der Waals surface area contributed by atoms with Crippen LogP contribution in [0.5, 0.6) is 11.6 Å². The fourth-order valence-electron chi connectivity index (χ4n) is 1.59. The van der Waals surface area contributed by atoms with Crippen LogP contribution in [0.3, 0.4) is 0 Å². The van der Waals surface area contributed by atoms with E-state index in [0.29, 0.717) is 5.56 Å². The normalized spacial score (nSPS) is 9.85. The third kappa shape index (κ3) is 2.57. The minimum absolute atomic E-state index is 0.0509. The van der Waals surface area contributed by atoms with Crippen LogP contribution in [0, 0.1) is 24.1 Å². The molecule has 0 aliphatic carbocycles. The van der Waals surface area contributed by atoms with Gasteiger partial charge in [-0.3, -0.25) is 0 Å². The molecule has 0 atom stereocenters. The van der Waals surface area contributed by atoms with E-state index in [1.807, 2.05) is 6.07 Å². The summed E-state index contributed by atoms with van der Waals surface area (Å²) < 4.78 is 18.8. The Hall–Kier alpha value is -2.94. The molecule has 0 radical (unpaired) electrons. The number of aromatic nitrogens is 1. The molecule has 0 aliphatic heterocycles. The first-order chi connectivity index (χ1) is 9.52. The van der Waals surface area contributed by atoms with Crippen molar-refractivity contribution in [2.24, 2.45) is 0 Å². The molecule has 2 aromatic rings. The van der Waals surface area contributed by atoms with Crippen molar-refractivity contribution in [1.82, 2.24) is 4.98 Å². The number of hydrogen-bond acceptors (Lipinski definition) is 4. The zero-order valence-corrected chi connectivity index (χ0v) is 10.4.